The number of aromatic carboxylic acids is 1. The quantitative estimate of drug-likeness (QED) is 0.447. The molecule has 0 fully saturated rings. The fraction of sp³-hybridized carbons (Fsp3) is 0.346. The van der Waals surface area contributed by atoms with Crippen LogP contribution in [-0.2, 0) is 12.8 Å². The number of nitriles is 1. The van der Waals surface area contributed by atoms with Crippen LogP contribution in [0.1, 0.15) is 64.9 Å². The molecule has 2 aromatic heterocycles. The van der Waals surface area contributed by atoms with E-state index < -0.39 is 5.97 Å². The second-order valence-corrected chi connectivity index (χ2v) is 10.4. The molecule has 2 heterocycles. The molecule has 32 heavy (non-hydrogen) atoms. The van der Waals surface area contributed by atoms with E-state index in [1.807, 2.05) is 12.1 Å². The number of fused-ring (bicyclic) bond motifs is 1. The molecule has 0 amide bonds. The van der Waals surface area contributed by atoms with Crippen LogP contribution in [0, 0.1) is 29.6 Å². The standard InChI is InChI=1S/C26H26N2O3S/c1-15-18(6-5-7-19(15)25(29)30)22-11-9-17(31-22)14-28-24-21(13-27)20-10-8-16(26(2,3)4)12-23(20)32-24/h5-7,9,11,14,16H,8,10,12H2,1-4H3,(H,29,30)/t16-/m1/s1. The Kier molecular flexibility index (Phi) is 5.79. The maximum atomic E-state index is 11.4. The fourth-order valence-corrected chi connectivity index (χ4v) is 5.56. The third-order valence-corrected chi connectivity index (χ3v) is 7.51. The van der Waals surface area contributed by atoms with Gasteiger partial charge in [0.05, 0.1) is 17.3 Å². The van der Waals surface area contributed by atoms with Crippen LogP contribution < -0.4 is 0 Å². The van der Waals surface area contributed by atoms with Gasteiger partial charge in [0.15, 0.2) is 0 Å². The van der Waals surface area contributed by atoms with Crippen molar-refractivity contribution >= 4 is 28.5 Å². The van der Waals surface area contributed by atoms with Gasteiger partial charge in [-0.2, -0.15) is 5.26 Å². The smallest absolute Gasteiger partial charge is 0.335 e. The molecule has 0 saturated heterocycles. The maximum absolute atomic E-state index is 11.4. The number of benzene rings is 1. The van der Waals surface area contributed by atoms with Gasteiger partial charge in [-0.25, -0.2) is 9.79 Å². The molecule has 1 aromatic carbocycles. The largest absolute Gasteiger partial charge is 0.478 e. The normalized spacial score (nSPS) is 16.2. The average Bonchev–Trinajstić information content (AvgIpc) is 3.35. The Morgan fingerprint density at radius 2 is 2.09 bits per heavy atom. The van der Waals surface area contributed by atoms with Crippen molar-refractivity contribution in [2.45, 2.75) is 47.0 Å². The number of furan rings is 1. The molecule has 164 valence electrons. The average molecular weight is 447 g/mol. The molecule has 4 rings (SSSR count). The lowest BCUT2D eigenvalue weighted by molar-refractivity contribution is 0.0696. The highest BCUT2D eigenvalue weighted by Crippen LogP contribution is 2.44. The molecule has 0 saturated carbocycles. The predicted octanol–water partition coefficient (Wildman–Crippen LogP) is 6.79. The molecule has 1 atom stereocenters. The van der Waals surface area contributed by atoms with Gasteiger partial charge in [-0.1, -0.05) is 32.9 Å². The molecule has 0 aliphatic heterocycles. The van der Waals surface area contributed by atoms with E-state index >= 15 is 0 Å². The highest BCUT2D eigenvalue weighted by molar-refractivity contribution is 7.16. The molecule has 1 aliphatic rings. The zero-order chi connectivity index (χ0) is 23.0. The molecule has 0 spiro atoms. The molecular weight excluding hydrogens is 420 g/mol. The van der Waals surface area contributed by atoms with Gasteiger partial charge in [-0.05, 0) is 66.8 Å². The van der Waals surface area contributed by atoms with E-state index in [2.05, 4.69) is 31.8 Å². The second-order valence-electron chi connectivity index (χ2n) is 9.34. The number of nitrogens with zero attached hydrogens (tertiary/aromatic N) is 2. The number of rotatable bonds is 4. The highest BCUT2D eigenvalue weighted by Gasteiger charge is 2.32. The first-order chi connectivity index (χ1) is 15.2. The lowest BCUT2D eigenvalue weighted by Gasteiger charge is -2.33. The highest BCUT2D eigenvalue weighted by atomic mass is 32.1. The van der Waals surface area contributed by atoms with Gasteiger partial charge in [-0.3, -0.25) is 0 Å². The second kappa shape index (κ2) is 8.40. The Morgan fingerprint density at radius 3 is 2.78 bits per heavy atom. The molecular formula is C26H26N2O3S. The first-order valence-electron chi connectivity index (χ1n) is 10.7. The summed E-state index contributed by atoms with van der Waals surface area (Å²) >= 11 is 1.61. The van der Waals surface area contributed by atoms with Crippen LogP contribution in [0.4, 0.5) is 5.00 Å². The predicted molar refractivity (Wildman–Crippen MR) is 127 cm³/mol. The minimum Gasteiger partial charge on any atom is -0.478 e. The van der Waals surface area contributed by atoms with Gasteiger partial charge in [0.1, 0.15) is 22.6 Å². The number of hydrogen-bond acceptors (Lipinski definition) is 5. The summed E-state index contributed by atoms with van der Waals surface area (Å²) in [6, 6.07) is 11.1. The fourth-order valence-electron chi connectivity index (χ4n) is 4.34. The molecule has 3 aromatic rings. The topological polar surface area (TPSA) is 86.6 Å². The summed E-state index contributed by atoms with van der Waals surface area (Å²) in [7, 11) is 0. The van der Waals surface area contributed by atoms with E-state index in [0.29, 0.717) is 28.6 Å². The van der Waals surface area contributed by atoms with Gasteiger partial charge < -0.3 is 9.52 Å². The monoisotopic (exact) mass is 446 g/mol. The Labute approximate surface area is 192 Å². The number of carboxylic acids is 1. The van der Waals surface area contributed by atoms with Crippen molar-refractivity contribution in [2.75, 3.05) is 0 Å². The maximum Gasteiger partial charge on any atom is 0.335 e. The molecule has 6 heteroatoms. The van der Waals surface area contributed by atoms with Crippen molar-refractivity contribution in [3.8, 4) is 17.4 Å². The number of aliphatic imine (C=N–C) groups is 1. The minimum atomic E-state index is -0.961. The van der Waals surface area contributed by atoms with Crippen LogP contribution in [0.2, 0.25) is 0 Å². The summed E-state index contributed by atoms with van der Waals surface area (Å²) < 4.78 is 5.92. The number of carbonyl (C=O) groups is 1. The summed E-state index contributed by atoms with van der Waals surface area (Å²) in [4.78, 5) is 17.3. The van der Waals surface area contributed by atoms with E-state index in [-0.39, 0.29) is 11.0 Å². The molecule has 0 bridgehead atoms. The summed E-state index contributed by atoms with van der Waals surface area (Å²) in [5.41, 5.74) is 3.74. The van der Waals surface area contributed by atoms with Crippen LogP contribution in [-0.4, -0.2) is 17.3 Å². The minimum absolute atomic E-state index is 0.249. The van der Waals surface area contributed by atoms with E-state index in [1.54, 1.807) is 42.7 Å². The van der Waals surface area contributed by atoms with Crippen LogP contribution in [0.3, 0.4) is 0 Å². The Morgan fingerprint density at radius 1 is 1.31 bits per heavy atom. The molecule has 0 unspecified atom stereocenters. The van der Waals surface area contributed by atoms with Gasteiger partial charge in [0, 0.05) is 10.4 Å². The van der Waals surface area contributed by atoms with Gasteiger partial charge in [0.25, 0.3) is 0 Å². The van der Waals surface area contributed by atoms with E-state index in [9.17, 15) is 15.2 Å². The number of thiophene rings is 1. The first kappa shape index (κ1) is 22.0. The van der Waals surface area contributed by atoms with Crippen LogP contribution in [0.15, 0.2) is 39.7 Å². The number of hydrogen-bond donors (Lipinski definition) is 1. The van der Waals surface area contributed by atoms with Gasteiger partial charge in [-0.15, -0.1) is 11.3 Å². The Bertz CT molecular complexity index is 1250. The zero-order valence-corrected chi connectivity index (χ0v) is 19.5. The molecule has 1 aliphatic carbocycles. The van der Waals surface area contributed by atoms with Crippen LogP contribution >= 0.6 is 11.3 Å². The van der Waals surface area contributed by atoms with Crippen molar-refractivity contribution in [2.24, 2.45) is 16.3 Å². The van der Waals surface area contributed by atoms with Crippen molar-refractivity contribution in [3.63, 3.8) is 0 Å². The van der Waals surface area contributed by atoms with E-state index in [1.165, 1.54) is 4.88 Å². The third-order valence-electron chi connectivity index (χ3n) is 6.35. The van der Waals surface area contributed by atoms with Gasteiger partial charge in [0.2, 0.25) is 0 Å². The van der Waals surface area contributed by atoms with Crippen molar-refractivity contribution < 1.29 is 14.3 Å². The first-order valence-corrected chi connectivity index (χ1v) is 11.5. The lowest BCUT2D eigenvalue weighted by Crippen LogP contribution is -2.26. The van der Waals surface area contributed by atoms with Crippen molar-refractivity contribution in [3.05, 3.63) is 63.2 Å². The molecule has 1 N–H and O–H groups in total. The summed E-state index contributed by atoms with van der Waals surface area (Å²) in [5, 5.41) is 19.8. The zero-order valence-electron chi connectivity index (χ0n) is 18.7. The third kappa shape index (κ3) is 4.13. The Hall–Kier alpha value is -3.17. The lowest BCUT2D eigenvalue weighted by atomic mass is 9.72. The van der Waals surface area contributed by atoms with Crippen molar-refractivity contribution in [1.29, 1.82) is 5.26 Å². The summed E-state index contributed by atoms with van der Waals surface area (Å²) in [5.74, 6) is 0.792. The molecule has 5 nitrogen and oxygen atoms in total. The molecule has 0 radical (unpaired) electrons. The van der Waals surface area contributed by atoms with Crippen molar-refractivity contribution in [1.82, 2.24) is 0 Å². The van der Waals surface area contributed by atoms with E-state index in [4.69, 9.17) is 4.42 Å². The summed E-state index contributed by atoms with van der Waals surface area (Å²) in [6.07, 6.45) is 4.66. The van der Waals surface area contributed by atoms with Crippen LogP contribution in [0.25, 0.3) is 11.3 Å². The van der Waals surface area contributed by atoms with E-state index in [0.717, 1.165) is 35.4 Å². The Balaban J connectivity index is 1.60. The van der Waals surface area contributed by atoms with Crippen LogP contribution in [0.5, 0.6) is 0 Å². The summed E-state index contributed by atoms with van der Waals surface area (Å²) in [6.45, 7) is 8.62. The SMILES string of the molecule is Cc1c(C(=O)O)cccc1-c1ccc(C=Nc2sc3c(c2C#N)CC[C@@H](C(C)(C)C)C3)o1. The number of carboxylic acid groups (broad SMARTS) is 1. The van der Waals surface area contributed by atoms with Gasteiger partial charge >= 0.3 is 5.97 Å².